The average molecular weight is 626 g/mol. The van der Waals surface area contributed by atoms with Crippen molar-refractivity contribution in [3.63, 3.8) is 0 Å². The molecule has 1 aromatic heterocycles. The molecule has 4 aromatic rings. The summed E-state index contributed by atoms with van der Waals surface area (Å²) in [5.74, 6) is -1.63. The third-order valence-corrected chi connectivity index (χ3v) is 7.87. The predicted molar refractivity (Wildman–Crippen MR) is 163 cm³/mol. The molecule has 6 N–H and O–H groups in total. The smallest absolute Gasteiger partial charge is 0.411 e. The fraction of sp³-hybridized carbons (Fsp3) is 0.172. The molecule has 43 heavy (non-hydrogen) atoms. The number of nitrogens with two attached hydrogens (primary N) is 1. The number of fused-ring (bicyclic) bond motifs is 1. The highest BCUT2D eigenvalue weighted by molar-refractivity contribution is 7.90. The van der Waals surface area contributed by atoms with E-state index in [2.05, 4.69) is 25.7 Å². The molecule has 0 aliphatic heterocycles. The van der Waals surface area contributed by atoms with Gasteiger partial charge in [-0.15, -0.1) is 0 Å². The number of nitrogens with one attached hydrogen (secondary N) is 3. The molecule has 0 aliphatic rings. The maximum atomic E-state index is 13.9. The molecule has 0 aliphatic carbocycles. The number of sulfone groups is 1. The van der Waals surface area contributed by atoms with Gasteiger partial charge in [-0.1, -0.05) is 23.7 Å². The SMILES string of the molecule is COC(=O)Nc1ccc(S(C)(=O)=O)c([C@@H](CC(=O)O)NC(=O)[C@H](Nc2ccc3c(N)nccc3c2)c2cccc(Cl)c2)c1. The van der Waals surface area contributed by atoms with Gasteiger partial charge in [0.25, 0.3) is 0 Å². The number of benzene rings is 3. The van der Waals surface area contributed by atoms with Gasteiger partial charge in [0.1, 0.15) is 11.9 Å². The van der Waals surface area contributed by atoms with Crippen LogP contribution in [0.2, 0.25) is 5.02 Å². The first kappa shape index (κ1) is 31.1. The van der Waals surface area contributed by atoms with Gasteiger partial charge in [-0.05, 0) is 71.1 Å². The second-order valence-corrected chi connectivity index (χ2v) is 12.0. The molecule has 12 nitrogen and oxygen atoms in total. The van der Waals surface area contributed by atoms with E-state index in [1.165, 1.54) is 18.2 Å². The molecule has 0 spiro atoms. The first-order chi connectivity index (χ1) is 20.3. The summed E-state index contributed by atoms with van der Waals surface area (Å²) in [7, 11) is -2.74. The number of nitrogens with zero attached hydrogens (tertiary/aromatic N) is 1. The topological polar surface area (TPSA) is 190 Å². The minimum atomic E-state index is -3.89. The number of carboxylic acids is 1. The number of halogens is 1. The van der Waals surface area contributed by atoms with Crippen molar-refractivity contribution in [2.45, 2.75) is 23.4 Å². The fourth-order valence-corrected chi connectivity index (χ4v) is 5.66. The Balaban J connectivity index is 1.76. The number of ether oxygens (including phenoxy) is 1. The summed E-state index contributed by atoms with van der Waals surface area (Å²) in [6.45, 7) is 0. The number of amides is 2. The largest absolute Gasteiger partial charge is 0.481 e. The summed E-state index contributed by atoms with van der Waals surface area (Å²) < 4.78 is 29.9. The Morgan fingerprint density at radius 3 is 2.47 bits per heavy atom. The molecule has 0 unspecified atom stereocenters. The van der Waals surface area contributed by atoms with Gasteiger partial charge in [0.15, 0.2) is 9.84 Å². The number of aliphatic carboxylic acids is 1. The molecule has 1 heterocycles. The normalized spacial score (nSPS) is 12.6. The maximum absolute atomic E-state index is 13.9. The number of hydrogen-bond donors (Lipinski definition) is 5. The summed E-state index contributed by atoms with van der Waals surface area (Å²) in [6, 6.07) is 15.0. The summed E-state index contributed by atoms with van der Waals surface area (Å²) in [5.41, 5.74) is 7.06. The number of pyridine rings is 1. The lowest BCUT2D eigenvalue weighted by atomic mass is 10.00. The number of carbonyl (C=O) groups excluding carboxylic acids is 2. The molecule has 0 radical (unpaired) electrons. The third kappa shape index (κ3) is 7.70. The average Bonchev–Trinajstić information content (AvgIpc) is 2.94. The van der Waals surface area contributed by atoms with Gasteiger partial charge in [0.05, 0.1) is 24.5 Å². The van der Waals surface area contributed by atoms with E-state index in [0.29, 0.717) is 27.5 Å². The van der Waals surface area contributed by atoms with Crippen LogP contribution in [0, 0.1) is 0 Å². The number of aromatic nitrogens is 1. The molecule has 4 rings (SSSR count). The molecular weight excluding hydrogens is 598 g/mol. The monoisotopic (exact) mass is 625 g/mol. The first-order valence-electron chi connectivity index (χ1n) is 12.7. The molecule has 0 saturated heterocycles. The van der Waals surface area contributed by atoms with Gasteiger partial charge >= 0.3 is 12.1 Å². The zero-order valence-corrected chi connectivity index (χ0v) is 24.6. The van der Waals surface area contributed by atoms with Crippen molar-refractivity contribution in [1.29, 1.82) is 0 Å². The number of rotatable bonds is 10. The molecule has 0 saturated carbocycles. The third-order valence-electron chi connectivity index (χ3n) is 6.46. The minimum absolute atomic E-state index is 0.0364. The number of hydrogen-bond acceptors (Lipinski definition) is 9. The van der Waals surface area contributed by atoms with Crippen molar-refractivity contribution >= 4 is 67.4 Å². The van der Waals surface area contributed by atoms with Crippen LogP contribution < -0.4 is 21.7 Å². The van der Waals surface area contributed by atoms with Crippen molar-refractivity contribution in [1.82, 2.24) is 10.3 Å². The Bertz CT molecular complexity index is 1820. The lowest BCUT2D eigenvalue weighted by Gasteiger charge is -2.26. The number of carbonyl (C=O) groups is 3. The molecule has 0 bridgehead atoms. The number of methoxy groups -OCH3 is 1. The Morgan fingerprint density at radius 1 is 1.05 bits per heavy atom. The van der Waals surface area contributed by atoms with Crippen molar-refractivity contribution in [3.8, 4) is 0 Å². The Kier molecular flexibility index (Phi) is 9.37. The van der Waals surface area contributed by atoms with Crippen LogP contribution in [-0.2, 0) is 24.2 Å². The number of anilines is 3. The van der Waals surface area contributed by atoms with Crippen LogP contribution in [0.3, 0.4) is 0 Å². The number of carboxylic acid groups (broad SMARTS) is 1. The van der Waals surface area contributed by atoms with E-state index in [-0.39, 0.29) is 16.1 Å². The van der Waals surface area contributed by atoms with Crippen LogP contribution in [0.25, 0.3) is 10.8 Å². The molecule has 14 heteroatoms. The number of nitrogen functional groups attached to an aromatic ring is 1. The maximum Gasteiger partial charge on any atom is 0.411 e. The van der Waals surface area contributed by atoms with Gasteiger partial charge in [0, 0.05) is 34.2 Å². The standard InChI is InChI=1S/C29H28ClN5O7S/c1-42-29(39)34-20-7-9-24(43(2,40)41)22(14-20)23(15-25(36)37)35-28(38)26(17-4-3-5-18(30)12-17)33-19-6-8-21-16(13-19)10-11-32-27(21)31/h3-14,23,26,33H,15H2,1-2H3,(H2,31,32)(H,34,39)(H,35,38)(H,36,37)/t23-,26-/m1/s1. The molecule has 0 fully saturated rings. The first-order valence-corrected chi connectivity index (χ1v) is 15.0. The highest BCUT2D eigenvalue weighted by Gasteiger charge is 2.29. The van der Waals surface area contributed by atoms with E-state index >= 15 is 0 Å². The van der Waals surface area contributed by atoms with E-state index in [0.717, 1.165) is 18.8 Å². The van der Waals surface area contributed by atoms with Gasteiger partial charge in [-0.2, -0.15) is 0 Å². The molecule has 3 aromatic carbocycles. The quantitative estimate of drug-likeness (QED) is 0.167. The van der Waals surface area contributed by atoms with E-state index in [1.807, 2.05) is 0 Å². The molecule has 2 amide bonds. The minimum Gasteiger partial charge on any atom is -0.481 e. The molecule has 2 atom stereocenters. The van der Waals surface area contributed by atoms with Crippen LogP contribution in [0.4, 0.5) is 22.0 Å². The molecular formula is C29H28ClN5O7S. The van der Waals surface area contributed by atoms with E-state index in [1.54, 1.807) is 54.7 Å². The summed E-state index contributed by atoms with van der Waals surface area (Å²) in [4.78, 5) is 41.5. The van der Waals surface area contributed by atoms with E-state index < -0.39 is 46.3 Å². The Labute approximate surface area is 252 Å². The van der Waals surface area contributed by atoms with Gasteiger partial charge in [-0.25, -0.2) is 18.2 Å². The second kappa shape index (κ2) is 13.0. The summed E-state index contributed by atoms with van der Waals surface area (Å²) in [5, 5.41) is 19.8. The van der Waals surface area contributed by atoms with Crippen LogP contribution >= 0.6 is 11.6 Å². The van der Waals surface area contributed by atoms with E-state index in [4.69, 9.17) is 17.3 Å². The van der Waals surface area contributed by atoms with Crippen molar-refractivity contribution in [2.75, 3.05) is 29.7 Å². The van der Waals surface area contributed by atoms with Crippen LogP contribution in [0.1, 0.15) is 29.6 Å². The van der Waals surface area contributed by atoms with Gasteiger partial charge < -0.3 is 26.2 Å². The van der Waals surface area contributed by atoms with Crippen molar-refractivity contribution < 1.29 is 32.6 Å². The summed E-state index contributed by atoms with van der Waals surface area (Å²) >= 11 is 6.23. The van der Waals surface area contributed by atoms with Gasteiger partial charge in [-0.3, -0.25) is 14.9 Å². The lowest BCUT2D eigenvalue weighted by molar-refractivity contribution is -0.137. The van der Waals surface area contributed by atoms with Crippen molar-refractivity contribution in [3.05, 3.63) is 89.1 Å². The zero-order valence-electron chi connectivity index (χ0n) is 23.0. The van der Waals surface area contributed by atoms with Crippen molar-refractivity contribution in [2.24, 2.45) is 0 Å². The van der Waals surface area contributed by atoms with Crippen LogP contribution in [0.5, 0.6) is 0 Å². The highest BCUT2D eigenvalue weighted by atomic mass is 35.5. The lowest BCUT2D eigenvalue weighted by Crippen LogP contribution is -2.37. The fourth-order valence-electron chi connectivity index (χ4n) is 4.52. The molecule has 224 valence electrons. The van der Waals surface area contributed by atoms with Crippen LogP contribution in [-0.4, -0.2) is 49.8 Å². The second-order valence-electron chi connectivity index (χ2n) is 9.56. The highest BCUT2D eigenvalue weighted by Crippen LogP contribution is 2.31. The zero-order chi connectivity index (χ0) is 31.3. The van der Waals surface area contributed by atoms with Gasteiger partial charge in [0.2, 0.25) is 5.91 Å². The van der Waals surface area contributed by atoms with Crippen LogP contribution in [0.15, 0.2) is 77.8 Å². The summed E-state index contributed by atoms with van der Waals surface area (Å²) in [6.07, 6.45) is 1.02. The Hall–Kier alpha value is -4.88. The van der Waals surface area contributed by atoms with E-state index in [9.17, 15) is 27.9 Å². The Morgan fingerprint density at radius 2 is 1.79 bits per heavy atom. The predicted octanol–water partition coefficient (Wildman–Crippen LogP) is 4.54.